The van der Waals surface area contributed by atoms with E-state index in [-0.39, 0.29) is 12.0 Å². The van der Waals surface area contributed by atoms with Crippen molar-refractivity contribution in [3.05, 3.63) is 54.6 Å². The zero-order chi connectivity index (χ0) is 22.6. The van der Waals surface area contributed by atoms with Crippen LogP contribution in [0.3, 0.4) is 0 Å². The molecule has 7 nitrogen and oxygen atoms in total. The molecule has 0 radical (unpaired) electrons. The van der Waals surface area contributed by atoms with Crippen LogP contribution >= 0.6 is 0 Å². The molecule has 0 spiro atoms. The average Bonchev–Trinajstić information content (AvgIpc) is 3.16. The van der Waals surface area contributed by atoms with Crippen molar-refractivity contribution in [3.8, 4) is 11.6 Å². The van der Waals surface area contributed by atoms with E-state index in [1.807, 2.05) is 78.0 Å². The molecule has 4 rings (SSSR count). The summed E-state index contributed by atoms with van der Waals surface area (Å²) >= 11 is 0. The number of methoxy groups -OCH3 is 1. The number of rotatable bonds is 8. The molecule has 7 heteroatoms. The van der Waals surface area contributed by atoms with E-state index in [2.05, 4.69) is 5.10 Å². The third-order valence-corrected chi connectivity index (χ3v) is 5.87. The zero-order valence-corrected chi connectivity index (χ0v) is 19.0. The minimum Gasteiger partial charge on any atom is -0.492 e. The molecule has 1 saturated heterocycles. The van der Waals surface area contributed by atoms with E-state index in [4.69, 9.17) is 14.2 Å². The number of amides is 1. The number of nitrogens with zero attached hydrogens (tertiary/aromatic N) is 3. The number of benzene rings is 2. The van der Waals surface area contributed by atoms with Gasteiger partial charge in [0.05, 0.1) is 23.6 Å². The number of aromatic nitrogens is 2. The van der Waals surface area contributed by atoms with Crippen molar-refractivity contribution in [1.29, 1.82) is 0 Å². The summed E-state index contributed by atoms with van der Waals surface area (Å²) in [4.78, 5) is 15.1. The van der Waals surface area contributed by atoms with Crippen LogP contribution in [-0.4, -0.2) is 59.1 Å². The van der Waals surface area contributed by atoms with Gasteiger partial charge in [-0.05, 0) is 51.0 Å². The Bertz CT molecular complexity index is 1040. The van der Waals surface area contributed by atoms with Crippen LogP contribution in [0.1, 0.15) is 26.7 Å². The number of para-hydroxylation sites is 2. The molecule has 0 N–H and O–H groups in total. The maximum atomic E-state index is 13.2. The standard InChI is InChI=1S/C25H31N3O4/c1-25(2,24(29)27-15-13-19(30-3)14-16-27)32-23-21-11-7-8-12-22(21)28(26-23)17-18-31-20-9-5-4-6-10-20/h4-12,19H,13-18H2,1-3H3. The molecule has 1 amide bonds. The minimum absolute atomic E-state index is 0.0295. The van der Waals surface area contributed by atoms with E-state index in [9.17, 15) is 4.79 Å². The highest BCUT2D eigenvalue weighted by atomic mass is 16.5. The van der Waals surface area contributed by atoms with Crippen LogP contribution in [0, 0.1) is 0 Å². The predicted molar refractivity (Wildman–Crippen MR) is 123 cm³/mol. The van der Waals surface area contributed by atoms with Crippen LogP contribution < -0.4 is 9.47 Å². The normalized spacial score (nSPS) is 15.2. The Morgan fingerprint density at radius 3 is 2.47 bits per heavy atom. The first-order valence-corrected chi connectivity index (χ1v) is 11.1. The first-order valence-electron chi connectivity index (χ1n) is 11.1. The molecule has 3 aromatic rings. The maximum Gasteiger partial charge on any atom is 0.266 e. The fraction of sp³-hybridized carbons (Fsp3) is 0.440. The highest BCUT2D eigenvalue weighted by Crippen LogP contribution is 2.29. The van der Waals surface area contributed by atoms with Gasteiger partial charge in [-0.15, -0.1) is 5.10 Å². The lowest BCUT2D eigenvalue weighted by molar-refractivity contribution is -0.148. The highest BCUT2D eigenvalue weighted by Gasteiger charge is 2.37. The number of ether oxygens (including phenoxy) is 3. The fourth-order valence-electron chi connectivity index (χ4n) is 4.07. The van der Waals surface area contributed by atoms with Gasteiger partial charge < -0.3 is 19.1 Å². The lowest BCUT2D eigenvalue weighted by atomic mass is 10.0. The van der Waals surface area contributed by atoms with Crippen LogP contribution in [0.4, 0.5) is 0 Å². The Kier molecular flexibility index (Phi) is 6.65. The first kappa shape index (κ1) is 22.1. The van der Waals surface area contributed by atoms with E-state index in [1.165, 1.54) is 0 Å². The number of hydrogen-bond donors (Lipinski definition) is 0. The first-order chi connectivity index (χ1) is 15.5. The van der Waals surface area contributed by atoms with Crippen LogP contribution in [0.5, 0.6) is 11.6 Å². The molecule has 0 bridgehead atoms. The lowest BCUT2D eigenvalue weighted by Gasteiger charge is -2.36. The highest BCUT2D eigenvalue weighted by molar-refractivity contribution is 5.87. The molecule has 0 atom stereocenters. The second kappa shape index (κ2) is 9.61. The number of fused-ring (bicyclic) bond motifs is 1. The van der Waals surface area contributed by atoms with Crippen LogP contribution in [0.25, 0.3) is 10.9 Å². The van der Waals surface area contributed by atoms with Crippen LogP contribution in [-0.2, 0) is 16.1 Å². The predicted octanol–water partition coefficient (Wildman–Crippen LogP) is 3.91. The summed E-state index contributed by atoms with van der Waals surface area (Å²) in [5.74, 6) is 1.26. The summed E-state index contributed by atoms with van der Waals surface area (Å²) in [6.45, 7) is 6.02. The molecule has 170 valence electrons. The number of carbonyl (C=O) groups is 1. The SMILES string of the molecule is COC1CCN(C(=O)C(C)(C)Oc2nn(CCOc3ccccc3)c3ccccc23)CC1. The van der Waals surface area contributed by atoms with E-state index in [0.717, 1.165) is 29.5 Å². The molecule has 32 heavy (non-hydrogen) atoms. The van der Waals surface area contributed by atoms with Crippen molar-refractivity contribution < 1.29 is 19.0 Å². The molecule has 2 aromatic carbocycles. The average molecular weight is 438 g/mol. The molecule has 1 aliphatic heterocycles. The maximum absolute atomic E-state index is 13.2. The van der Waals surface area contributed by atoms with Gasteiger partial charge in [0, 0.05) is 20.2 Å². The van der Waals surface area contributed by atoms with Crippen LogP contribution in [0.2, 0.25) is 0 Å². The van der Waals surface area contributed by atoms with Crippen molar-refractivity contribution in [2.24, 2.45) is 0 Å². The fourth-order valence-corrected chi connectivity index (χ4v) is 4.07. The molecule has 0 unspecified atom stereocenters. The van der Waals surface area contributed by atoms with E-state index >= 15 is 0 Å². The Labute approximate surface area is 188 Å². The molecule has 1 aliphatic rings. The third kappa shape index (κ3) is 4.88. The Morgan fingerprint density at radius 1 is 1.06 bits per heavy atom. The molecular weight excluding hydrogens is 406 g/mol. The van der Waals surface area contributed by atoms with Gasteiger partial charge in [-0.25, -0.2) is 0 Å². The van der Waals surface area contributed by atoms with Crippen molar-refractivity contribution in [2.75, 3.05) is 26.8 Å². The summed E-state index contributed by atoms with van der Waals surface area (Å²) in [5, 5.41) is 5.56. The number of carbonyl (C=O) groups excluding carboxylic acids is 1. The Balaban J connectivity index is 1.47. The second-order valence-electron chi connectivity index (χ2n) is 8.55. The van der Waals surface area contributed by atoms with Crippen molar-refractivity contribution in [2.45, 2.75) is 44.9 Å². The zero-order valence-electron chi connectivity index (χ0n) is 19.0. The van der Waals surface area contributed by atoms with Gasteiger partial charge in [0.1, 0.15) is 12.4 Å². The summed E-state index contributed by atoms with van der Waals surface area (Å²) < 4.78 is 19.4. The van der Waals surface area contributed by atoms with E-state index < -0.39 is 5.60 Å². The van der Waals surface area contributed by atoms with Gasteiger partial charge >= 0.3 is 0 Å². The lowest BCUT2D eigenvalue weighted by Crippen LogP contribution is -2.52. The van der Waals surface area contributed by atoms with Gasteiger partial charge in [0.2, 0.25) is 5.88 Å². The van der Waals surface area contributed by atoms with Gasteiger partial charge in [-0.2, -0.15) is 0 Å². The molecule has 0 aliphatic carbocycles. The van der Waals surface area contributed by atoms with E-state index in [0.29, 0.717) is 32.1 Å². The van der Waals surface area contributed by atoms with Gasteiger partial charge in [0.15, 0.2) is 5.60 Å². The van der Waals surface area contributed by atoms with Gasteiger partial charge in [0.25, 0.3) is 5.91 Å². The summed E-state index contributed by atoms with van der Waals surface area (Å²) in [5.41, 5.74) is -0.0779. The molecule has 1 fully saturated rings. The quantitative estimate of drug-likeness (QED) is 0.535. The summed E-state index contributed by atoms with van der Waals surface area (Å²) in [6, 6.07) is 17.6. The summed E-state index contributed by atoms with van der Waals surface area (Å²) in [7, 11) is 1.72. The largest absolute Gasteiger partial charge is 0.492 e. The van der Waals surface area contributed by atoms with Crippen molar-refractivity contribution in [3.63, 3.8) is 0 Å². The Hall–Kier alpha value is -3.06. The topological polar surface area (TPSA) is 65.8 Å². The molecular formula is C25H31N3O4. The summed E-state index contributed by atoms with van der Waals surface area (Å²) in [6.07, 6.45) is 1.91. The monoisotopic (exact) mass is 437 g/mol. The molecule has 2 heterocycles. The van der Waals surface area contributed by atoms with E-state index in [1.54, 1.807) is 7.11 Å². The molecule has 1 aromatic heterocycles. The van der Waals surface area contributed by atoms with Crippen LogP contribution in [0.15, 0.2) is 54.6 Å². The Morgan fingerprint density at radius 2 is 1.75 bits per heavy atom. The minimum atomic E-state index is -1.03. The van der Waals surface area contributed by atoms with Gasteiger partial charge in [-0.3, -0.25) is 9.48 Å². The number of piperidine rings is 1. The van der Waals surface area contributed by atoms with Gasteiger partial charge in [-0.1, -0.05) is 30.3 Å². The second-order valence-corrected chi connectivity index (χ2v) is 8.55. The van der Waals surface area contributed by atoms with Crippen molar-refractivity contribution in [1.82, 2.24) is 14.7 Å². The smallest absolute Gasteiger partial charge is 0.266 e. The third-order valence-electron chi connectivity index (χ3n) is 5.87. The number of likely N-dealkylation sites (tertiary alicyclic amines) is 1. The van der Waals surface area contributed by atoms with Crippen molar-refractivity contribution >= 4 is 16.8 Å². The number of hydrogen-bond acceptors (Lipinski definition) is 5. The molecule has 0 saturated carbocycles.